The molecule has 0 fully saturated rings. The fraction of sp³-hybridized carbons (Fsp3) is 0.625. The van der Waals surface area contributed by atoms with E-state index in [9.17, 15) is 0 Å². The summed E-state index contributed by atoms with van der Waals surface area (Å²) in [5, 5.41) is 1.79. The predicted octanol–water partition coefficient (Wildman–Crippen LogP) is 5.84. The van der Waals surface area contributed by atoms with E-state index in [1.807, 2.05) is 24.3 Å². The molecular formula is C16H24BrClO. The normalized spacial score (nSPS) is 11.8. The molecule has 1 nitrogen and oxygen atoms in total. The van der Waals surface area contributed by atoms with E-state index in [1.54, 1.807) is 0 Å². The maximum absolute atomic E-state index is 6.14. The Kier molecular flexibility index (Phi) is 8.05. The molecule has 0 bridgehead atoms. The molecule has 0 atom stereocenters. The number of benzene rings is 1. The Balaban J connectivity index is 2.54. The van der Waals surface area contributed by atoms with Crippen molar-refractivity contribution in [1.82, 2.24) is 0 Å². The Bertz CT molecular complexity index is 362. The van der Waals surface area contributed by atoms with Crippen LogP contribution >= 0.6 is 27.5 Å². The van der Waals surface area contributed by atoms with Gasteiger partial charge in [0.2, 0.25) is 0 Å². The quantitative estimate of drug-likeness (QED) is 0.510. The molecule has 1 aromatic carbocycles. The van der Waals surface area contributed by atoms with Crippen LogP contribution in [0.2, 0.25) is 5.02 Å². The Labute approximate surface area is 130 Å². The molecule has 0 aliphatic carbocycles. The van der Waals surface area contributed by atoms with Gasteiger partial charge in [0.25, 0.3) is 0 Å². The smallest absolute Gasteiger partial charge is 0.0731 e. The van der Waals surface area contributed by atoms with Crippen molar-refractivity contribution in [3.63, 3.8) is 0 Å². The highest BCUT2D eigenvalue weighted by Gasteiger charge is 2.27. The molecule has 0 spiro atoms. The number of hydrogen-bond acceptors (Lipinski definition) is 1. The lowest BCUT2D eigenvalue weighted by molar-refractivity contribution is 0.0355. The first-order valence-electron chi connectivity index (χ1n) is 7.04. The molecule has 0 radical (unpaired) electrons. The average Bonchev–Trinajstić information content (AvgIpc) is 2.41. The van der Waals surface area contributed by atoms with Gasteiger partial charge in [-0.3, -0.25) is 0 Å². The Morgan fingerprint density at radius 1 is 1.16 bits per heavy atom. The number of ether oxygens (including phenoxy) is 1. The summed E-state index contributed by atoms with van der Waals surface area (Å²) in [7, 11) is 0. The molecule has 0 aliphatic heterocycles. The van der Waals surface area contributed by atoms with Crippen LogP contribution in [0, 0.1) is 5.41 Å². The SMILES string of the molecule is CCCC(CBr)(CCC)COCc1ccccc1Cl. The molecule has 0 amide bonds. The molecule has 1 rings (SSSR count). The summed E-state index contributed by atoms with van der Waals surface area (Å²) in [6.45, 7) is 5.87. The minimum absolute atomic E-state index is 0.269. The van der Waals surface area contributed by atoms with Crippen LogP contribution in [0.3, 0.4) is 0 Å². The van der Waals surface area contributed by atoms with Gasteiger partial charge in [-0.15, -0.1) is 0 Å². The van der Waals surface area contributed by atoms with E-state index in [0.717, 1.165) is 22.5 Å². The molecular weight excluding hydrogens is 324 g/mol. The van der Waals surface area contributed by atoms with Crippen LogP contribution in [0.1, 0.15) is 45.1 Å². The molecule has 0 saturated heterocycles. The largest absolute Gasteiger partial charge is 0.376 e. The summed E-state index contributed by atoms with van der Waals surface area (Å²) in [5.74, 6) is 0. The minimum atomic E-state index is 0.269. The van der Waals surface area contributed by atoms with Crippen molar-refractivity contribution in [2.24, 2.45) is 5.41 Å². The lowest BCUT2D eigenvalue weighted by atomic mass is 9.82. The lowest BCUT2D eigenvalue weighted by Crippen LogP contribution is -2.28. The fourth-order valence-electron chi connectivity index (χ4n) is 2.50. The standard InChI is InChI=1S/C16H24BrClO/c1-3-9-16(12-17,10-4-2)13-19-11-14-7-5-6-8-15(14)18/h5-8H,3-4,9-13H2,1-2H3. The second kappa shape index (κ2) is 8.99. The van der Waals surface area contributed by atoms with Crippen LogP contribution in [0.25, 0.3) is 0 Å². The van der Waals surface area contributed by atoms with Gasteiger partial charge in [-0.1, -0.05) is 72.4 Å². The zero-order chi connectivity index (χ0) is 14.1. The van der Waals surface area contributed by atoms with E-state index >= 15 is 0 Å². The van der Waals surface area contributed by atoms with Crippen molar-refractivity contribution in [3.05, 3.63) is 34.9 Å². The molecule has 108 valence electrons. The van der Waals surface area contributed by atoms with Crippen LogP contribution in [0.5, 0.6) is 0 Å². The molecule has 0 saturated carbocycles. The summed E-state index contributed by atoms with van der Waals surface area (Å²) in [6.07, 6.45) is 4.80. The molecule has 1 aromatic rings. The summed E-state index contributed by atoms with van der Waals surface area (Å²) < 4.78 is 5.95. The molecule has 0 heterocycles. The van der Waals surface area contributed by atoms with E-state index < -0.39 is 0 Å². The van der Waals surface area contributed by atoms with Gasteiger partial charge in [0.1, 0.15) is 0 Å². The van der Waals surface area contributed by atoms with Crippen molar-refractivity contribution < 1.29 is 4.74 Å². The maximum atomic E-state index is 6.14. The van der Waals surface area contributed by atoms with Crippen molar-refractivity contribution in [2.45, 2.75) is 46.1 Å². The average molecular weight is 348 g/mol. The van der Waals surface area contributed by atoms with E-state index in [1.165, 1.54) is 25.7 Å². The van der Waals surface area contributed by atoms with Gasteiger partial charge < -0.3 is 4.74 Å². The summed E-state index contributed by atoms with van der Waals surface area (Å²) in [5.41, 5.74) is 1.34. The van der Waals surface area contributed by atoms with Gasteiger partial charge in [0.15, 0.2) is 0 Å². The molecule has 0 unspecified atom stereocenters. The first-order valence-corrected chi connectivity index (χ1v) is 8.54. The first kappa shape index (κ1) is 17.0. The third kappa shape index (κ3) is 5.45. The molecule has 0 N–H and O–H groups in total. The number of rotatable bonds is 9. The monoisotopic (exact) mass is 346 g/mol. The molecule has 0 aliphatic rings. The molecule has 3 heteroatoms. The lowest BCUT2D eigenvalue weighted by Gasteiger charge is -2.31. The predicted molar refractivity (Wildman–Crippen MR) is 87.2 cm³/mol. The van der Waals surface area contributed by atoms with Gasteiger partial charge >= 0.3 is 0 Å². The third-order valence-electron chi connectivity index (χ3n) is 3.47. The Morgan fingerprint density at radius 3 is 2.32 bits per heavy atom. The van der Waals surface area contributed by atoms with E-state index in [0.29, 0.717) is 6.61 Å². The number of hydrogen-bond donors (Lipinski definition) is 0. The molecule has 0 aromatic heterocycles. The maximum Gasteiger partial charge on any atom is 0.0731 e. The van der Waals surface area contributed by atoms with Crippen LogP contribution in [-0.2, 0) is 11.3 Å². The van der Waals surface area contributed by atoms with Gasteiger partial charge in [-0.25, -0.2) is 0 Å². The highest BCUT2D eigenvalue weighted by atomic mass is 79.9. The minimum Gasteiger partial charge on any atom is -0.376 e. The van der Waals surface area contributed by atoms with Crippen molar-refractivity contribution in [1.29, 1.82) is 0 Å². The summed E-state index contributed by atoms with van der Waals surface area (Å²) >= 11 is 9.81. The van der Waals surface area contributed by atoms with Crippen molar-refractivity contribution in [2.75, 3.05) is 11.9 Å². The van der Waals surface area contributed by atoms with Crippen LogP contribution < -0.4 is 0 Å². The summed E-state index contributed by atoms with van der Waals surface area (Å²) in [6, 6.07) is 7.89. The van der Waals surface area contributed by atoms with Crippen LogP contribution in [0.15, 0.2) is 24.3 Å². The van der Waals surface area contributed by atoms with Gasteiger partial charge in [0.05, 0.1) is 13.2 Å². The Morgan fingerprint density at radius 2 is 1.79 bits per heavy atom. The first-order chi connectivity index (χ1) is 9.17. The Hall–Kier alpha value is -0.0500. The highest BCUT2D eigenvalue weighted by Crippen LogP contribution is 2.33. The third-order valence-corrected chi connectivity index (χ3v) is 5.03. The zero-order valence-corrected chi connectivity index (χ0v) is 14.3. The van der Waals surface area contributed by atoms with Crippen LogP contribution in [-0.4, -0.2) is 11.9 Å². The van der Waals surface area contributed by atoms with Gasteiger partial charge in [0, 0.05) is 15.8 Å². The van der Waals surface area contributed by atoms with E-state index in [4.69, 9.17) is 16.3 Å². The van der Waals surface area contributed by atoms with Crippen LogP contribution in [0.4, 0.5) is 0 Å². The van der Waals surface area contributed by atoms with Crippen molar-refractivity contribution in [3.8, 4) is 0 Å². The van der Waals surface area contributed by atoms with E-state index in [2.05, 4.69) is 29.8 Å². The van der Waals surface area contributed by atoms with Gasteiger partial charge in [-0.2, -0.15) is 0 Å². The molecule has 19 heavy (non-hydrogen) atoms. The second-order valence-electron chi connectivity index (χ2n) is 5.22. The second-order valence-corrected chi connectivity index (χ2v) is 6.19. The number of halogens is 2. The fourth-order valence-corrected chi connectivity index (χ4v) is 3.41. The van der Waals surface area contributed by atoms with Crippen molar-refractivity contribution >= 4 is 27.5 Å². The van der Waals surface area contributed by atoms with Gasteiger partial charge in [-0.05, 0) is 24.5 Å². The van der Waals surface area contributed by atoms with E-state index in [-0.39, 0.29) is 5.41 Å². The topological polar surface area (TPSA) is 9.23 Å². The zero-order valence-electron chi connectivity index (χ0n) is 11.9. The number of alkyl halides is 1. The highest BCUT2D eigenvalue weighted by molar-refractivity contribution is 9.09. The summed E-state index contributed by atoms with van der Waals surface area (Å²) in [4.78, 5) is 0.